The Hall–Kier alpha value is -2.97. The molecule has 0 aliphatic carbocycles. The first kappa shape index (κ1) is 28.6. The van der Waals surface area contributed by atoms with Crippen LogP contribution in [0.4, 0.5) is 0 Å². The number of aldehydes is 2. The summed E-state index contributed by atoms with van der Waals surface area (Å²) in [5, 5.41) is 1.19. The van der Waals surface area contributed by atoms with Gasteiger partial charge in [0, 0.05) is 55.8 Å². The zero-order valence-corrected chi connectivity index (χ0v) is 23.2. The molecule has 0 spiro atoms. The standard InChI is InChI=1S/C29H36N2O5S/c1-6-20(16-32)24(21(17-33)18-35-5)14-28-29-26(15-31(28)4)23(7-2)25-13-22(9-10-27(25)30-29)36-11-8-12-37-19(3)34/h9-10,13-14,16-17,20H,6-8,11-12,15,18H2,1-5H3/b24-21-,28-14-. The Morgan fingerprint density at radius 3 is 2.68 bits per heavy atom. The zero-order chi connectivity index (χ0) is 26.9. The summed E-state index contributed by atoms with van der Waals surface area (Å²) in [5.41, 5.74) is 6.15. The lowest BCUT2D eigenvalue weighted by Crippen LogP contribution is -2.13. The number of aromatic nitrogens is 1. The van der Waals surface area contributed by atoms with Crippen LogP contribution < -0.4 is 4.74 Å². The third kappa shape index (κ3) is 6.67. The monoisotopic (exact) mass is 524 g/mol. The Labute approximate surface area is 223 Å². The molecule has 1 aliphatic rings. The Balaban J connectivity index is 2.03. The minimum atomic E-state index is -0.403. The average molecular weight is 525 g/mol. The van der Waals surface area contributed by atoms with Crippen LogP contribution in [0.2, 0.25) is 0 Å². The molecule has 1 unspecified atom stereocenters. The van der Waals surface area contributed by atoms with Gasteiger partial charge in [0.05, 0.1) is 30.1 Å². The highest BCUT2D eigenvalue weighted by Gasteiger charge is 2.28. The zero-order valence-electron chi connectivity index (χ0n) is 22.3. The number of hydrogen-bond acceptors (Lipinski definition) is 8. The highest BCUT2D eigenvalue weighted by Crippen LogP contribution is 2.38. The van der Waals surface area contributed by atoms with Gasteiger partial charge in [-0.25, -0.2) is 4.98 Å². The van der Waals surface area contributed by atoms with E-state index in [4.69, 9.17) is 14.5 Å². The quantitative estimate of drug-likeness (QED) is 0.206. The summed E-state index contributed by atoms with van der Waals surface area (Å²) in [7, 11) is 3.54. The van der Waals surface area contributed by atoms with E-state index in [1.165, 1.54) is 24.4 Å². The van der Waals surface area contributed by atoms with E-state index < -0.39 is 5.92 Å². The topological polar surface area (TPSA) is 85.8 Å². The number of methoxy groups -OCH3 is 1. The van der Waals surface area contributed by atoms with E-state index in [2.05, 4.69) is 17.9 Å². The van der Waals surface area contributed by atoms with E-state index in [1.54, 1.807) is 6.92 Å². The molecule has 3 rings (SSSR count). The molecule has 2 heterocycles. The molecule has 198 valence electrons. The number of ether oxygens (including phenoxy) is 2. The molecule has 0 amide bonds. The molecule has 0 saturated heterocycles. The van der Waals surface area contributed by atoms with Gasteiger partial charge in [0.2, 0.25) is 0 Å². The lowest BCUT2D eigenvalue weighted by molar-refractivity contribution is -0.110. The summed E-state index contributed by atoms with van der Waals surface area (Å²) in [6.45, 7) is 7.02. The number of hydrogen-bond donors (Lipinski definition) is 0. The molecule has 0 saturated carbocycles. The fourth-order valence-corrected chi connectivity index (χ4v) is 5.24. The van der Waals surface area contributed by atoms with Crippen molar-refractivity contribution in [3.63, 3.8) is 0 Å². The Bertz CT molecular complexity index is 1220. The smallest absolute Gasteiger partial charge is 0.185 e. The number of carbonyl (C=O) groups excluding carboxylic acids is 3. The molecule has 0 fully saturated rings. The van der Waals surface area contributed by atoms with Gasteiger partial charge in [0.1, 0.15) is 18.3 Å². The van der Waals surface area contributed by atoms with Crippen molar-refractivity contribution >= 4 is 46.0 Å². The maximum Gasteiger partial charge on any atom is 0.185 e. The maximum atomic E-state index is 11.9. The maximum absolute atomic E-state index is 11.9. The fourth-order valence-electron chi connectivity index (χ4n) is 4.69. The van der Waals surface area contributed by atoms with Gasteiger partial charge in [-0.15, -0.1) is 0 Å². The number of benzene rings is 1. The highest BCUT2D eigenvalue weighted by atomic mass is 32.2. The minimum absolute atomic E-state index is 0.122. The van der Waals surface area contributed by atoms with E-state index in [1.807, 2.05) is 32.2 Å². The molecule has 1 aromatic carbocycles. The van der Waals surface area contributed by atoms with Crippen molar-refractivity contribution in [1.29, 1.82) is 0 Å². The number of fused-ring (bicyclic) bond motifs is 2. The lowest BCUT2D eigenvalue weighted by Gasteiger charge is -2.18. The van der Waals surface area contributed by atoms with Gasteiger partial charge >= 0.3 is 0 Å². The summed E-state index contributed by atoms with van der Waals surface area (Å²) in [5.74, 6) is 1.13. The van der Waals surface area contributed by atoms with Crippen LogP contribution in [0, 0.1) is 5.92 Å². The molecule has 1 aliphatic heterocycles. The van der Waals surface area contributed by atoms with Crippen LogP contribution in [0.1, 0.15) is 50.4 Å². The second-order valence-electron chi connectivity index (χ2n) is 9.06. The molecule has 8 heteroatoms. The summed E-state index contributed by atoms with van der Waals surface area (Å²) in [6.07, 6.45) is 5.83. The van der Waals surface area contributed by atoms with Gasteiger partial charge in [0.15, 0.2) is 5.12 Å². The predicted octanol–water partition coefficient (Wildman–Crippen LogP) is 5.00. The minimum Gasteiger partial charge on any atom is -0.494 e. The Morgan fingerprint density at radius 2 is 2.05 bits per heavy atom. The van der Waals surface area contributed by atoms with Crippen molar-refractivity contribution in [3.8, 4) is 5.75 Å². The van der Waals surface area contributed by atoms with E-state index in [0.717, 1.165) is 64.8 Å². The number of thioether (sulfide) groups is 1. The van der Waals surface area contributed by atoms with E-state index in [0.29, 0.717) is 30.7 Å². The van der Waals surface area contributed by atoms with Crippen LogP contribution in [0.5, 0.6) is 5.75 Å². The number of pyridine rings is 1. The highest BCUT2D eigenvalue weighted by molar-refractivity contribution is 8.13. The van der Waals surface area contributed by atoms with Crippen molar-refractivity contribution in [2.75, 3.05) is 33.1 Å². The summed E-state index contributed by atoms with van der Waals surface area (Å²) in [4.78, 5) is 42.0. The van der Waals surface area contributed by atoms with Crippen molar-refractivity contribution in [2.45, 2.75) is 46.6 Å². The van der Waals surface area contributed by atoms with Crippen molar-refractivity contribution in [3.05, 3.63) is 52.2 Å². The van der Waals surface area contributed by atoms with Gasteiger partial charge in [-0.1, -0.05) is 25.6 Å². The van der Waals surface area contributed by atoms with E-state index in [-0.39, 0.29) is 11.7 Å². The molecular formula is C29H36N2O5S. The first-order chi connectivity index (χ1) is 17.9. The summed E-state index contributed by atoms with van der Waals surface area (Å²) >= 11 is 1.32. The fraction of sp³-hybridized carbons (Fsp3) is 0.448. The summed E-state index contributed by atoms with van der Waals surface area (Å²) in [6, 6.07) is 5.95. The van der Waals surface area contributed by atoms with Gasteiger partial charge in [0.25, 0.3) is 0 Å². The Morgan fingerprint density at radius 1 is 1.27 bits per heavy atom. The van der Waals surface area contributed by atoms with Crippen LogP contribution in [0.3, 0.4) is 0 Å². The van der Waals surface area contributed by atoms with Crippen LogP contribution in [0.15, 0.2) is 35.4 Å². The predicted molar refractivity (Wildman–Crippen MR) is 149 cm³/mol. The normalized spacial score (nSPS) is 15.5. The second-order valence-corrected chi connectivity index (χ2v) is 10.3. The third-order valence-corrected chi connectivity index (χ3v) is 7.45. The average Bonchev–Trinajstić information content (AvgIpc) is 3.19. The van der Waals surface area contributed by atoms with Crippen LogP contribution >= 0.6 is 11.8 Å². The second kappa shape index (κ2) is 13.5. The number of carbonyl (C=O) groups is 3. The third-order valence-electron chi connectivity index (χ3n) is 6.55. The molecule has 1 atom stereocenters. The first-order valence-corrected chi connectivity index (χ1v) is 13.6. The van der Waals surface area contributed by atoms with Crippen LogP contribution in [0.25, 0.3) is 16.6 Å². The molecular weight excluding hydrogens is 488 g/mol. The molecule has 0 bridgehead atoms. The molecule has 37 heavy (non-hydrogen) atoms. The number of rotatable bonds is 13. The van der Waals surface area contributed by atoms with Crippen LogP contribution in [-0.4, -0.2) is 60.7 Å². The molecule has 0 N–H and O–H groups in total. The lowest BCUT2D eigenvalue weighted by atomic mass is 9.92. The van der Waals surface area contributed by atoms with Crippen molar-refractivity contribution < 1.29 is 23.9 Å². The Kier molecular flexibility index (Phi) is 10.5. The van der Waals surface area contributed by atoms with Gasteiger partial charge in [-0.3, -0.25) is 9.59 Å². The molecule has 7 nitrogen and oxygen atoms in total. The molecule has 2 aromatic rings. The number of allylic oxidation sites excluding steroid dienone is 2. The van der Waals surface area contributed by atoms with E-state index in [9.17, 15) is 14.4 Å². The SMILES string of the molecule is CCc1c2c(nc3ccc(OCCCSC(C)=O)cc13)/C(=C/C(=C(\C=O)COC)C(C=O)CC)N(C)C2. The first-order valence-electron chi connectivity index (χ1n) is 12.7. The molecule has 0 radical (unpaired) electrons. The van der Waals surface area contributed by atoms with Gasteiger partial charge < -0.3 is 19.2 Å². The number of nitrogens with zero attached hydrogens (tertiary/aromatic N) is 2. The molecule has 1 aromatic heterocycles. The van der Waals surface area contributed by atoms with Crippen LogP contribution in [-0.2, 0) is 32.1 Å². The number of aryl methyl sites for hydroxylation is 1. The van der Waals surface area contributed by atoms with Gasteiger partial charge in [-0.05, 0) is 54.7 Å². The van der Waals surface area contributed by atoms with Crippen molar-refractivity contribution in [2.24, 2.45) is 5.92 Å². The largest absolute Gasteiger partial charge is 0.494 e. The summed E-state index contributed by atoms with van der Waals surface area (Å²) < 4.78 is 11.2. The van der Waals surface area contributed by atoms with Crippen molar-refractivity contribution in [1.82, 2.24) is 9.88 Å². The van der Waals surface area contributed by atoms with Gasteiger partial charge in [-0.2, -0.15) is 0 Å². The van der Waals surface area contributed by atoms with E-state index >= 15 is 0 Å².